The number of hydrogen-bond acceptors (Lipinski definition) is 5. The molecular formula is C24H23N3O2S2. The van der Waals surface area contributed by atoms with Crippen molar-refractivity contribution in [2.45, 2.75) is 18.0 Å². The number of nitrogens with one attached hydrogen (secondary N) is 1. The molecule has 2 aromatic carbocycles. The van der Waals surface area contributed by atoms with Gasteiger partial charge in [-0.1, -0.05) is 72.4 Å². The van der Waals surface area contributed by atoms with Crippen LogP contribution in [0.25, 0.3) is 21.3 Å². The molecular weight excluding hydrogens is 426 g/mol. The molecule has 31 heavy (non-hydrogen) atoms. The Kier molecular flexibility index (Phi) is 6.84. The van der Waals surface area contributed by atoms with E-state index in [1.165, 1.54) is 33.2 Å². The highest BCUT2D eigenvalue weighted by molar-refractivity contribution is 7.99. The van der Waals surface area contributed by atoms with Gasteiger partial charge in [0.2, 0.25) is 5.91 Å². The molecule has 0 radical (unpaired) electrons. The largest absolute Gasteiger partial charge is 0.355 e. The first kappa shape index (κ1) is 21.3. The maximum atomic E-state index is 12.8. The lowest BCUT2D eigenvalue weighted by molar-refractivity contribution is -0.118. The average Bonchev–Trinajstić information content (AvgIpc) is 3.23. The smallest absolute Gasteiger partial charge is 0.271 e. The summed E-state index contributed by atoms with van der Waals surface area (Å²) in [4.78, 5) is 29.8. The second kappa shape index (κ2) is 9.94. The number of carbonyl (C=O) groups excluding carboxylic acids is 1. The minimum Gasteiger partial charge on any atom is -0.355 e. The highest BCUT2D eigenvalue weighted by atomic mass is 32.2. The van der Waals surface area contributed by atoms with E-state index in [1.54, 1.807) is 7.05 Å². The van der Waals surface area contributed by atoms with E-state index in [9.17, 15) is 9.59 Å². The van der Waals surface area contributed by atoms with E-state index in [4.69, 9.17) is 4.98 Å². The van der Waals surface area contributed by atoms with Crippen LogP contribution in [0.4, 0.5) is 0 Å². The van der Waals surface area contributed by atoms with Gasteiger partial charge in [-0.3, -0.25) is 14.2 Å². The Hall–Kier alpha value is -2.90. The summed E-state index contributed by atoms with van der Waals surface area (Å²) in [7, 11) is 1.71. The number of nitrogens with zero attached hydrogens (tertiary/aromatic N) is 2. The molecule has 0 saturated carbocycles. The molecule has 0 atom stereocenters. The SMILES string of the molecule is Cn1c(SCC(=O)NCCCc2ccccc2)nc2c(-c3ccccc3)csc2c1=O. The van der Waals surface area contributed by atoms with Crippen LogP contribution in [0, 0.1) is 0 Å². The summed E-state index contributed by atoms with van der Waals surface area (Å²) >= 11 is 2.70. The molecule has 158 valence electrons. The van der Waals surface area contributed by atoms with Crippen LogP contribution in [0.3, 0.4) is 0 Å². The monoisotopic (exact) mass is 449 g/mol. The third-order valence-electron chi connectivity index (χ3n) is 4.98. The molecule has 5 nitrogen and oxygen atoms in total. The van der Waals surface area contributed by atoms with E-state index in [-0.39, 0.29) is 17.2 Å². The van der Waals surface area contributed by atoms with E-state index in [2.05, 4.69) is 17.4 Å². The van der Waals surface area contributed by atoms with E-state index in [0.29, 0.717) is 21.9 Å². The predicted molar refractivity (Wildman–Crippen MR) is 129 cm³/mol. The standard InChI is InChI=1S/C24H23N3O2S2/c1-27-23(29)22-21(19(15-30-22)18-12-6-3-7-13-18)26-24(27)31-16-20(28)25-14-8-11-17-9-4-2-5-10-17/h2-7,9-10,12-13,15H,8,11,14,16H2,1H3,(H,25,28). The quantitative estimate of drug-likeness (QED) is 0.244. The maximum Gasteiger partial charge on any atom is 0.271 e. The van der Waals surface area contributed by atoms with Gasteiger partial charge in [0, 0.05) is 24.5 Å². The van der Waals surface area contributed by atoms with Crippen molar-refractivity contribution in [3.63, 3.8) is 0 Å². The van der Waals surface area contributed by atoms with Gasteiger partial charge < -0.3 is 5.32 Å². The van der Waals surface area contributed by atoms with Crippen molar-refractivity contribution < 1.29 is 4.79 Å². The average molecular weight is 450 g/mol. The lowest BCUT2D eigenvalue weighted by Gasteiger charge is -2.09. The molecule has 7 heteroatoms. The number of amides is 1. The van der Waals surface area contributed by atoms with E-state index >= 15 is 0 Å². The predicted octanol–water partition coefficient (Wildman–Crippen LogP) is 4.50. The number of aromatic nitrogens is 2. The Morgan fingerprint density at radius 2 is 1.81 bits per heavy atom. The second-order valence-electron chi connectivity index (χ2n) is 7.18. The summed E-state index contributed by atoms with van der Waals surface area (Å²) in [6.07, 6.45) is 1.82. The number of hydrogen-bond donors (Lipinski definition) is 1. The van der Waals surface area contributed by atoms with Gasteiger partial charge >= 0.3 is 0 Å². The third kappa shape index (κ3) is 5.06. The van der Waals surface area contributed by atoms with Crippen LogP contribution >= 0.6 is 23.1 Å². The fourth-order valence-electron chi connectivity index (χ4n) is 3.32. The van der Waals surface area contributed by atoms with Crippen LogP contribution in [0.1, 0.15) is 12.0 Å². The highest BCUT2D eigenvalue weighted by Crippen LogP contribution is 2.32. The molecule has 4 rings (SSSR count). The van der Waals surface area contributed by atoms with Crippen LogP contribution in [-0.4, -0.2) is 27.8 Å². The normalized spacial score (nSPS) is 11.0. The van der Waals surface area contributed by atoms with Crippen LogP contribution in [0.15, 0.2) is 76.0 Å². The minimum atomic E-state index is -0.0806. The molecule has 2 heterocycles. The van der Waals surface area contributed by atoms with Crippen molar-refractivity contribution in [1.82, 2.24) is 14.9 Å². The summed E-state index contributed by atoms with van der Waals surface area (Å²) in [6, 6.07) is 20.2. The Bertz CT molecular complexity index is 1230. The van der Waals surface area contributed by atoms with Crippen molar-refractivity contribution in [2.24, 2.45) is 7.05 Å². The molecule has 0 aliphatic heterocycles. The number of thioether (sulfide) groups is 1. The van der Waals surface area contributed by atoms with Crippen LogP contribution < -0.4 is 10.9 Å². The first-order valence-corrected chi connectivity index (χ1v) is 12.0. The van der Waals surface area contributed by atoms with Gasteiger partial charge in [0.15, 0.2) is 5.16 Å². The highest BCUT2D eigenvalue weighted by Gasteiger charge is 2.16. The van der Waals surface area contributed by atoms with E-state index in [0.717, 1.165) is 24.0 Å². The third-order valence-corrected chi connectivity index (χ3v) is 6.97. The minimum absolute atomic E-state index is 0.0546. The summed E-state index contributed by atoms with van der Waals surface area (Å²) in [5.41, 5.74) is 3.86. The molecule has 0 unspecified atom stereocenters. The number of thiophene rings is 1. The maximum absolute atomic E-state index is 12.8. The molecule has 2 aromatic heterocycles. The number of aryl methyl sites for hydroxylation is 1. The van der Waals surface area contributed by atoms with Gasteiger partial charge in [-0.05, 0) is 24.0 Å². The van der Waals surface area contributed by atoms with Crippen molar-refractivity contribution >= 4 is 39.2 Å². The van der Waals surface area contributed by atoms with Gasteiger partial charge in [-0.15, -0.1) is 11.3 Å². The Labute approximate surface area is 189 Å². The topological polar surface area (TPSA) is 64.0 Å². The van der Waals surface area contributed by atoms with Crippen molar-refractivity contribution in [2.75, 3.05) is 12.3 Å². The van der Waals surface area contributed by atoms with Gasteiger partial charge in [0.05, 0.1) is 11.3 Å². The summed E-state index contributed by atoms with van der Waals surface area (Å²) < 4.78 is 2.16. The second-order valence-corrected chi connectivity index (χ2v) is 9.00. The van der Waals surface area contributed by atoms with E-state index < -0.39 is 0 Å². The van der Waals surface area contributed by atoms with Crippen molar-refractivity contribution in [3.05, 3.63) is 82.0 Å². The van der Waals surface area contributed by atoms with Crippen LogP contribution in [0.2, 0.25) is 0 Å². The zero-order valence-corrected chi connectivity index (χ0v) is 18.8. The van der Waals surface area contributed by atoms with Crippen LogP contribution in [-0.2, 0) is 18.3 Å². The van der Waals surface area contributed by atoms with Crippen LogP contribution in [0.5, 0.6) is 0 Å². The molecule has 0 spiro atoms. The molecule has 0 bridgehead atoms. The van der Waals surface area contributed by atoms with Crippen molar-refractivity contribution in [1.29, 1.82) is 0 Å². The lowest BCUT2D eigenvalue weighted by Crippen LogP contribution is -2.27. The molecule has 0 fully saturated rings. The number of carbonyl (C=O) groups is 1. The van der Waals surface area contributed by atoms with Gasteiger partial charge in [-0.25, -0.2) is 4.98 Å². The summed E-state index contributed by atoms with van der Waals surface area (Å²) in [5, 5.41) is 5.48. The molecule has 0 aliphatic rings. The lowest BCUT2D eigenvalue weighted by atomic mass is 10.1. The summed E-state index contributed by atoms with van der Waals surface area (Å²) in [6.45, 7) is 0.627. The molecule has 1 amide bonds. The molecule has 1 N–H and O–H groups in total. The fourth-order valence-corrected chi connectivity index (χ4v) is 5.11. The fraction of sp³-hybridized carbons (Fsp3) is 0.208. The number of fused-ring (bicyclic) bond motifs is 1. The molecule has 0 saturated heterocycles. The Morgan fingerprint density at radius 3 is 2.55 bits per heavy atom. The Morgan fingerprint density at radius 1 is 1.10 bits per heavy atom. The first-order chi connectivity index (χ1) is 15.1. The molecule has 0 aliphatic carbocycles. The van der Waals surface area contributed by atoms with Gasteiger partial charge in [-0.2, -0.15) is 0 Å². The zero-order valence-electron chi connectivity index (χ0n) is 17.2. The van der Waals surface area contributed by atoms with E-state index in [1.807, 2.05) is 53.9 Å². The number of benzene rings is 2. The van der Waals surface area contributed by atoms with Crippen molar-refractivity contribution in [3.8, 4) is 11.1 Å². The van der Waals surface area contributed by atoms with Gasteiger partial charge in [0.1, 0.15) is 4.70 Å². The first-order valence-electron chi connectivity index (χ1n) is 10.1. The zero-order chi connectivity index (χ0) is 21.6. The Balaban J connectivity index is 1.40. The van der Waals surface area contributed by atoms with Gasteiger partial charge in [0.25, 0.3) is 5.56 Å². The molecule has 4 aromatic rings. The number of rotatable bonds is 8. The summed E-state index contributed by atoms with van der Waals surface area (Å²) in [5.74, 6) is 0.170.